The predicted molar refractivity (Wildman–Crippen MR) is 68.2 cm³/mol. The lowest BCUT2D eigenvalue weighted by molar-refractivity contribution is -0.169. The fourth-order valence-electron chi connectivity index (χ4n) is 0.842. The molecule has 5 nitrogen and oxygen atoms in total. The summed E-state index contributed by atoms with van der Waals surface area (Å²) >= 11 is 0. The Morgan fingerprint density at radius 1 is 1.29 bits per heavy atom. The third-order valence-corrected chi connectivity index (χ3v) is 1.73. The minimum Gasteiger partial charge on any atom is -0.456 e. The van der Waals surface area contributed by atoms with Crippen LogP contribution in [0.3, 0.4) is 0 Å². The molecule has 0 radical (unpaired) electrons. The lowest BCUT2D eigenvalue weighted by Gasteiger charge is -2.30. The summed E-state index contributed by atoms with van der Waals surface area (Å²) in [6.45, 7) is 9.09. The van der Waals surface area contributed by atoms with Gasteiger partial charge in [-0.2, -0.15) is 0 Å². The fraction of sp³-hybridized carbons (Fsp3) is 0.909. The van der Waals surface area contributed by atoms with Gasteiger partial charge in [-0.3, -0.25) is 4.79 Å². The number of hydrogen-bond donors (Lipinski definition) is 2. The van der Waals surface area contributed by atoms with Crippen molar-refractivity contribution in [3.8, 4) is 0 Å². The lowest BCUT2D eigenvalue weighted by atomic mass is 10.1. The minimum atomic E-state index is -0.992. The van der Waals surface area contributed by atoms with E-state index in [0.717, 1.165) is 0 Å². The van der Waals surface area contributed by atoms with E-state index in [1.165, 1.54) is 0 Å². The Bertz CT molecular complexity index is 238. The van der Waals surface area contributed by atoms with Crippen LogP contribution in [0.5, 0.6) is 0 Å². The van der Waals surface area contributed by atoms with Gasteiger partial charge >= 0.3 is 5.97 Å². The standard InChI is InChI=1S/C11H23NO4.ClH/c1-10(2,3)15-7-11(4,5)16-9(14)8(12)6-13;/h8,13H,6-7,12H2,1-5H3;1H. The molecule has 0 aliphatic rings. The molecular formula is C11H24ClNO4. The van der Waals surface area contributed by atoms with Crippen LogP contribution in [0.15, 0.2) is 0 Å². The largest absolute Gasteiger partial charge is 0.456 e. The van der Waals surface area contributed by atoms with Crippen LogP contribution in [-0.4, -0.2) is 41.5 Å². The number of aliphatic hydroxyl groups excluding tert-OH is 1. The van der Waals surface area contributed by atoms with E-state index in [1.807, 2.05) is 20.8 Å². The molecule has 104 valence electrons. The molecule has 0 heterocycles. The van der Waals surface area contributed by atoms with Crippen molar-refractivity contribution in [1.82, 2.24) is 0 Å². The number of carbonyl (C=O) groups excluding carboxylic acids is 1. The normalized spacial score (nSPS) is 13.8. The summed E-state index contributed by atoms with van der Waals surface area (Å²) in [6, 6.07) is -0.992. The van der Waals surface area contributed by atoms with Crippen LogP contribution in [0.1, 0.15) is 34.6 Å². The van der Waals surface area contributed by atoms with E-state index in [4.69, 9.17) is 20.3 Å². The van der Waals surface area contributed by atoms with Gasteiger partial charge in [-0.25, -0.2) is 0 Å². The summed E-state index contributed by atoms with van der Waals surface area (Å²) < 4.78 is 10.7. The Hall–Kier alpha value is -0.360. The molecule has 0 saturated heterocycles. The van der Waals surface area contributed by atoms with E-state index in [0.29, 0.717) is 0 Å². The molecule has 17 heavy (non-hydrogen) atoms. The highest BCUT2D eigenvalue weighted by atomic mass is 35.5. The lowest BCUT2D eigenvalue weighted by Crippen LogP contribution is -2.43. The van der Waals surface area contributed by atoms with E-state index in [1.54, 1.807) is 13.8 Å². The monoisotopic (exact) mass is 269 g/mol. The SMILES string of the molecule is CC(C)(C)OCC(C)(C)OC(=O)C(N)CO.Cl. The molecule has 0 bridgehead atoms. The van der Waals surface area contributed by atoms with Crippen LogP contribution >= 0.6 is 12.4 Å². The molecule has 0 aliphatic heterocycles. The Balaban J connectivity index is 0. The first-order valence-electron chi connectivity index (χ1n) is 5.31. The first kappa shape index (κ1) is 19.0. The van der Waals surface area contributed by atoms with Gasteiger partial charge in [-0.15, -0.1) is 12.4 Å². The molecule has 0 aromatic carbocycles. The molecule has 0 aliphatic carbocycles. The zero-order valence-electron chi connectivity index (χ0n) is 11.1. The van der Waals surface area contributed by atoms with E-state index in [9.17, 15) is 4.79 Å². The molecule has 0 spiro atoms. The van der Waals surface area contributed by atoms with Gasteiger partial charge in [0, 0.05) is 0 Å². The van der Waals surface area contributed by atoms with Crippen molar-refractivity contribution in [2.75, 3.05) is 13.2 Å². The minimum absolute atomic E-state index is 0. The summed E-state index contributed by atoms with van der Waals surface area (Å²) in [7, 11) is 0. The first-order valence-corrected chi connectivity index (χ1v) is 5.31. The van der Waals surface area contributed by atoms with Gasteiger partial charge in [0.05, 0.1) is 18.8 Å². The molecule has 0 rings (SSSR count). The van der Waals surface area contributed by atoms with Crippen molar-refractivity contribution in [2.45, 2.75) is 51.9 Å². The van der Waals surface area contributed by atoms with Crippen molar-refractivity contribution in [3.63, 3.8) is 0 Å². The second kappa shape index (κ2) is 7.16. The second-order valence-corrected chi connectivity index (χ2v) is 5.37. The summed E-state index contributed by atoms with van der Waals surface area (Å²) in [6.07, 6.45) is 0. The molecule has 0 amide bonds. The van der Waals surface area contributed by atoms with E-state index >= 15 is 0 Å². The zero-order chi connectivity index (χ0) is 13.0. The van der Waals surface area contributed by atoms with Gasteiger partial charge in [-0.1, -0.05) is 0 Å². The number of hydrogen-bond acceptors (Lipinski definition) is 5. The van der Waals surface area contributed by atoms with Crippen LogP contribution in [-0.2, 0) is 14.3 Å². The third kappa shape index (κ3) is 9.35. The highest BCUT2D eigenvalue weighted by molar-refractivity contribution is 5.85. The molecule has 0 fully saturated rings. The Morgan fingerprint density at radius 3 is 2.12 bits per heavy atom. The molecule has 3 N–H and O–H groups in total. The Labute approximate surface area is 109 Å². The number of esters is 1. The molecule has 0 aromatic rings. The molecule has 1 unspecified atom stereocenters. The average molecular weight is 270 g/mol. The van der Waals surface area contributed by atoms with Crippen LogP contribution in [0.25, 0.3) is 0 Å². The summed E-state index contributed by atoms with van der Waals surface area (Å²) in [5, 5.41) is 8.70. The summed E-state index contributed by atoms with van der Waals surface area (Å²) in [5.74, 6) is -0.620. The highest BCUT2D eigenvalue weighted by Gasteiger charge is 2.28. The third-order valence-electron chi connectivity index (χ3n) is 1.73. The number of halogens is 1. The van der Waals surface area contributed by atoms with Gasteiger partial charge < -0.3 is 20.3 Å². The quantitative estimate of drug-likeness (QED) is 0.724. The zero-order valence-corrected chi connectivity index (χ0v) is 12.0. The smallest absolute Gasteiger partial charge is 0.325 e. The predicted octanol–water partition coefficient (Wildman–Crippen LogP) is 0.865. The van der Waals surface area contributed by atoms with Gasteiger partial charge in [0.1, 0.15) is 11.6 Å². The van der Waals surface area contributed by atoms with Crippen LogP contribution in [0.2, 0.25) is 0 Å². The molecule has 6 heteroatoms. The highest BCUT2D eigenvalue weighted by Crippen LogP contribution is 2.16. The number of nitrogens with two attached hydrogens (primary N) is 1. The summed E-state index contributed by atoms with van der Waals surface area (Å²) in [4.78, 5) is 11.4. The molecular weight excluding hydrogens is 246 g/mol. The maximum absolute atomic E-state index is 11.4. The van der Waals surface area contributed by atoms with Crippen molar-refractivity contribution in [1.29, 1.82) is 0 Å². The molecule has 0 saturated carbocycles. The first-order chi connectivity index (χ1) is 7.07. The number of rotatable bonds is 5. The maximum Gasteiger partial charge on any atom is 0.325 e. The van der Waals surface area contributed by atoms with Crippen LogP contribution in [0, 0.1) is 0 Å². The second-order valence-electron chi connectivity index (χ2n) is 5.37. The van der Waals surface area contributed by atoms with Gasteiger partial charge in [0.15, 0.2) is 0 Å². The van der Waals surface area contributed by atoms with E-state index in [-0.39, 0.29) is 24.6 Å². The number of aliphatic hydroxyl groups is 1. The van der Waals surface area contributed by atoms with Crippen molar-refractivity contribution in [3.05, 3.63) is 0 Å². The van der Waals surface area contributed by atoms with E-state index in [2.05, 4.69) is 0 Å². The van der Waals surface area contributed by atoms with E-state index < -0.39 is 24.2 Å². The maximum atomic E-state index is 11.4. The average Bonchev–Trinajstić information content (AvgIpc) is 2.12. The Kier molecular flexibility index (Phi) is 8.00. The van der Waals surface area contributed by atoms with Gasteiger partial charge in [-0.05, 0) is 34.6 Å². The summed E-state index contributed by atoms with van der Waals surface area (Å²) in [5.41, 5.74) is 4.30. The van der Waals surface area contributed by atoms with Gasteiger partial charge in [0.2, 0.25) is 0 Å². The topological polar surface area (TPSA) is 81.8 Å². The van der Waals surface area contributed by atoms with Gasteiger partial charge in [0.25, 0.3) is 0 Å². The molecule has 1 atom stereocenters. The molecule has 0 aromatic heterocycles. The van der Waals surface area contributed by atoms with Crippen LogP contribution < -0.4 is 5.73 Å². The van der Waals surface area contributed by atoms with Crippen molar-refractivity contribution >= 4 is 18.4 Å². The number of ether oxygens (including phenoxy) is 2. The van der Waals surface area contributed by atoms with Crippen LogP contribution in [0.4, 0.5) is 0 Å². The van der Waals surface area contributed by atoms with Crippen molar-refractivity contribution < 1.29 is 19.4 Å². The fourth-order valence-corrected chi connectivity index (χ4v) is 0.842. The Morgan fingerprint density at radius 2 is 1.76 bits per heavy atom. The number of carbonyl (C=O) groups is 1. The van der Waals surface area contributed by atoms with Crippen molar-refractivity contribution in [2.24, 2.45) is 5.73 Å².